The van der Waals surface area contributed by atoms with Gasteiger partial charge in [0.25, 0.3) is 0 Å². The summed E-state index contributed by atoms with van der Waals surface area (Å²) in [5, 5.41) is 20.8. The van der Waals surface area contributed by atoms with E-state index in [2.05, 4.69) is 13.8 Å². The molecule has 0 heterocycles. The quantitative estimate of drug-likeness (QED) is 0.778. The van der Waals surface area contributed by atoms with E-state index in [-0.39, 0.29) is 12.0 Å². The fraction of sp³-hybridized carbons (Fsp3) is 1.00. The van der Waals surface area contributed by atoms with E-state index >= 15 is 0 Å². The van der Waals surface area contributed by atoms with Crippen molar-refractivity contribution in [3.8, 4) is 0 Å². The molecular formula is C15H28O2. The molecule has 2 aliphatic rings. The molecule has 0 aromatic heterocycles. The van der Waals surface area contributed by atoms with Crippen LogP contribution in [0.4, 0.5) is 0 Å². The summed E-state index contributed by atoms with van der Waals surface area (Å²) in [5.41, 5.74) is -0.420. The maximum atomic E-state index is 11.0. The molecule has 0 aliphatic heterocycles. The third-order valence-corrected chi connectivity index (χ3v) is 5.53. The second-order valence-corrected chi connectivity index (χ2v) is 7.19. The van der Waals surface area contributed by atoms with Crippen molar-refractivity contribution in [1.82, 2.24) is 0 Å². The lowest BCUT2D eigenvalue weighted by atomic mass is 9.56. The summed E-state index contributed by atoms with van der Waals surface area (Å²) in [6, 6.07) is 0. The first-order valence-corrected chi connectivity index (χ1v) is 7.26. The maximum Gasteiger partial charge on any atom is 0.0726 e. The topological polar surface area (TPSA) is 40.5 Å². The molecule has 2 aliphatic carbocycles. The highest BCUT2D eigenvalue weighted by Gasteiger charge is 2.52. The molecule has 2 nitrogen and oxygen atoms in total. The predicted octanol–water partition coefficient (Wildman–Crippen LogP) is 3.26. The first-order chi connectivity index (χ1) is 7.93. The molecule has 0 aromatic carbocycles. The van der Waals surface area contributed by atoms with Gasteiger partial charge in [-0.25, -0.2) is 0 Å². The van der Waals surface area contributed by atoms with Crippen LogP contribution in [0.15, 0.2) is 0 Å². The van der Waals surface area contributed by atoms with Crippen LogP contribution in [0, 0.1) is 10.8 Å². The van der Waals surface area contributed by atoms with E-state index in [1.807, 2.05) is 0 Å². The normalized spacial score (nSPS) is 31.1. The van der Waals surface area contributed by atoms with E-state index in [9.17, 15) is 10.2 Å². The Balaban J connectivity index is 2.13. The molecule has 0 spiro atoms. The summed E-state index contributed by atoms with van der Waals surface area (Å²) < 4.78 is 0. The molecule has 0 aromatic rings. The average Bonchev–Trinajstić information content (AvgIpc) is 2.34. The number of aliphatic hydroxyl groups is 2. The minimum Gasteiger partial charge on any atom is -0.396 e. The van der Waals surface area contributed by atoms with E-state index in [1.54, 1.807) is 0 Å². The highest BCUT2D eigenvalue weighted by atomic mass is 16.3. The highest BCUT2D eigenvalue weighted by molar-refractivity contribution is 5.03. The van der Waals surface area contributed by atoms with Gasteiger partial charge in [-0.1, -0.05) is 33.1 Å². The fourth-order valence-electron chi connectivity index (χ4n) is 3.87. The van der Waals surface area contributed by atoms with Gasteiger partial charge >= 0.3 is 0 Å². The molecule has 0 atom stereocenters. The SMILES string of the molecule is CC1(C)CCC(O)(C2(CO)CCCCC2)CC1. The summed E-state index contributed by atoms with van der Waals surface area (Å²) in [7, 11) is 0. The molecule has 100 valence electrons. The molecule has 2 N–H and O–H groups in total. The first-order valence-electron chi connectivity index (χ1n) is 7.26. The molecule has 2 rings (SSSR count). The molecule has 0 bridgehead atoms. The summed E-state index contributed by atoms with van der Waals surface area (Å²) in [6.45, 7) is 4.75. The van der Waals surface area contributed by atoms with Crippen LogP contribution in [0.3, 0.4) is 0 Å². The molecule has 0 amide bonds. The minimum absolute atomic E-state index is 0.171. The lowest BCUT2D eigenvalue weighted by molar-refractivity contribution is -0.158. The Hall–Kier alpha value is -0.0800. The van der Waals surface area contributed by atoms with E-state index in [0.717, 1.165) is 38.5 Å². The Labute approximate surface area is 105 Å². The number of aliphatic hydroxyl groups excluding tert-OH is 1. The van der Waals surface area contributed by atoms with Gasteiger partial charge in [-0.2, -0.15) is 0 Å². The van der Waals surface area contributed by atoms with Gasteiger partial charge in [-0.15, -0.1) is 0 Å². The maximum absolute atomic E-state index is 11.0. The van der Waals surface area contributed by atoms with E-state index in [4.69, 9.17) is 0 Å². The fourth-order valence-corrected chi connectivity index (χ4v) is 3.87. The van der Waals surface area contributed by atoms with Crippen LogP contribution >= 0.6 is 0 Å². The van der Waals surface area contributed by atoms with Gasteiger partial charge in [0.15, 0.2) is 0 Å². The van der Waals surface area contributed by atoms with Gasteiger partial charge < -0.3 is 10.2 Å². The molecule has 0 unspecified atom stereocenters. The molecule has 17 heavy (non-hydrogen) atoms. The number of hydrogen-bond donors (Lipinski definition) is 2. The number of hydrogen-bond acceptors (Lipinski definition) is 2. The van der Waals surface area contributed by atoms with Crippen LogP contribution < -0.4 is 0 Å². The Kier molecular flexibility index (Phi) is 3.57. The van der Waals surface area contributed by atoms with E-state index < -0.39 is 5.60 Å². The molecule has 2 saturated carbocycles. The van der Waals surface area contributed by atoms with E-state index in [1.165, 1.54) is 19.3 Å². The highest BCUT2D eigenvalue weighted by Crippen LogP contribution is 2.53. The van der Waals surface area contributed by atoms with Crippen LogP contribution in [0.25, 0.3) is 0 Å². The monoisotopic (exact) mass is 240 g/mol. The van der Waals surface area contributed by atoms with Gasteiger partial charge in [-0.3, -0.25) is 0 Å². The predicted molar refractivity (Wildman–Crippen MR) is 69.8 cm³/mol. The van der Waals surface area contributed by atoms with Gasteiger partial charge in [0.2, 0.25) is 0 Å². The van der Waals surface area contributed by atoms with Gasteiger partial charge in [0.05, 0.1) is 12.2 Å². The van der Waals surface area contributed by atoms with Crippen molar-refractivity contribution < 1.29 is 10.2 Å². The lowest BCUT2D eigenvalue weighted by Crippen LogP contribution is -2.54. The third kappa shape index (κ3) is 2.39. The van der Waals surface area contributed by atoms with E-state index in [0.29, 0.717) is 5.41 Å². The first kappa shape index (κ1) is 13.4. The molecule has 2 fully saturated rings. The van der Waals surface area contributed by atoms with Crippen LogP contribution in [0.1, 0.15) is 71.6 Å². The Morgan fingerprint density at radius 3 is 1.82 bits per heavy atom. The standard InChI is InChI=1S/C15H28O2/c1-13(2)8-10-15(17,11-9-13)14(12-16)6-4-3-5-7-14/h16-17H,3-12H2,1-2H3. The zero-order valence-electron chi connectivity index (χ0n) is 11.5. The summed E-state index contributed by atoms with van der Waals surface area (Å²) in [5.74, 6) is 0. The van der Waals surface area contributed by atoms with Crippen LogP contribution in [-0.4, -0.2) is 22.4 Å². The second-order valence-electron chi connectivity index (χ2n) is 7.19. The largest absolute Gasteiger partial charge is 0.396 e. The van der Waals surface area contributed by atoms with Gasteiger partial charge in [0.1, 0.15) is 0 Å². The van der Waals surface area contributed by atoms with Crippen LogP contribution in [-0.2, 0) is 0 Å². The smallest absolute Gasteiger partial charge is 0.0726 e. The second kappa shape index (κ2) is 4.55. The van der Waals surface area contributed by atoms with Crippen molar-refractivity contribution in [2.24, 2.45) is 10.8 Å². The molecule has 0 radical (unpaired) electrons. The summed E-state index contributed by atoms with van der Waals surface area (Å²) >= 11 is 0. The third-order valence-electron chi connectivity index (χ3n) is 5.53. The van der Waals surface area contributed by atoms with Gasteiger partial charge in [0, 0.05) is 5.41 Å². The minimum atomic E-state index is -0.600. The Morgan fingerprint density at radius 1 is 0.824 bits per heavy atom. The number of rotatable bonds is 2. The molecule has 2 heteroatoms. The molecule has 0 saturated heterocycles. The van der Waals surface area contributed by atoms with Crippen molar-refractivity contribution in [3.63, 3.8) is 0 Å². The zero-order valence-corrected chi connectivity index (χ0v) is 11.5. The van der Waals surface area contributed by atoms with Crippen molar-refractivity contribution in [2.45, 2.75) is 77.2 Å². The van der Waals surface area contributed by atoms with Gasteiger partial charge in [-0.05, 0) is 43.9 Å². The van der Waals surface area contributed by atoms with Crippen molar-refractivity contribution in [1.29, 1.82) is 0 Å². The van der Waals surface area contributed by atoms with Crippen molar-refractivity contribution in [2.75, 3.05) is 6.61 Å². The Bertz CT molecular complexity index is 254. The Morgan fingerprint density at radius 2 is 1.35 bits per heavy atom. The van der Waals surface area contributed by atoms with Crippen LogP contribution in [0.2, 0.25) is 0 Å². The lowest BCUT2D eigenvalue weighted by Gasteiger charge is -2.53. The summed E-state index contributed by atoms with van der Waals surface area (Å²) in [4.78, 5) is 0. The van der Waals surface area contributed by atoms with Crippen LogP contribution in [0.5, 0.6) is 0 Å². The molecular weight excluding hydrogens is 212 g/mol. The average molecular weight is 240 g/mol. The van der Waals surface area contributed by atoms with Crippen molar-refractivity contribution >= 4 is 0 Å². The summed E-state index contributed by atoms with van der Waals surface area (Å²) in [6.07, 6.45) is 9.57. The van der Waals surface area contributed by atoms with Crippen molar-refractivity contribution in [3.05, 3.63) is 0 Å². The zero-order chi connectivity index (χ0) is 12.6.